The van der Waals surface area contributed by atoms with Gasteiger partial charge in [0.25, 0.3) is 0 Å². The zero-order chi connectivity index (χ0) is 7.28. The molecule has 0 aromatic heterocycles. The van der Waals surface area contributed by atoms with Crippen molar-refractivity contribution in [1.82, 2.24) is 0 Å². The second kappa shape index (κ2) is 6.07. The lowest BCUT2D eigenvalue weighted by molar-refractivity contribution is 1.57. The lowest BCUT2D eigenvalue weighted by Crippen LogP contribution is -1.73. The van der Waals surface area contributed by atoms with Gasteiger partial charge < -0.3 is 0 Å². The number of hydrogen-bond donors (Lipinski definition) is 0. The Bertz CT molecular complexity index is 158. The van der Waals surface area contributed by atoms with Gasteiger partial charge in [-0.25, -0.2) is 0 Å². The van der Waals surface area contributed by atoms with Gasteiger partial charge in [-0.05, 0) is 56.9 Å². The smallest absolute Gasteiger partial charge is 0.133 e. The van der Waals surface area contributed by atoms with Crippen LogP contribution in [0.3, 0.4) is 0 Å². The van der Waals surface area contributed by atoms with Crippen LogP contribution < -0.4 is 0 Å². The first kappa shape index (κ1) is 10.3. The van der Waals surface area contributed by atoms with Gasteiger partial charge in [-0.1, -0.05) is 11.6 Å². The summed E-state index contributed by atoms with van der Waals surface area (Å²) in [4.78, 5) is 0. The minimum Gasteiger partial charge on any atom is -0.185 e. The Hall–Kier alpha value is 1.33. The summed E-state index contributed by atoms with van der Waals surface area (Å²) in [6.45, 7) is 0. The molecule has 0 N–H and O–H groups in total. The van der Waals surface area contributed by atoms with E-state index in [-0.39, 0.29) is 0 Å². The first-order valence-corrected chi connectivity index (χ1v) is 5.41. The number of halogens is 3. The van der Waals surface area contributed by atoms with Crippen molar-refractivity contribution in [3.63, 3.8) is 0 Å². The quantitative estimate of drug-likeness (QED) is 0.537. The van der Waals surface area contributed by atoms with Crippen LogP contribution in [0.1, 0.15) is 0 Å². The van der Waals surface area contributed by atoms with E-state index in [0.29, 0.717) is 5.75 Å². The van der Waals surface area contributed by atoms with Crippen LogP contribution in [0.4, 0.5) is 0 Å². The third-order valence-corrected chi connectivity index (χ3v) is 4.70. The molecule has 0 spiro atoms. The van der Waals surface area contributed by atoms with Crippen molar-refractivity contribution in [2.24, 2.45) is 0 Å². The number of thioether (sulfide) groups is 1. The number of hydrogen-bond acceptors (Lipinski definition) is 2. The van der Waals surface area contributed by atoms with Crippen molar-refractivity contribution < 1.29 is 0 Å². The molecule has 0 saturated heterocycles. The van der Waals surface area contributed by atoms with Gasteiger partial charge in [-0.3, -0.25) is 0 Å². The number of thiocyanates is 1. The molecule has 0 heterocycles. The van der Waals surface area contributed by atoms with Gasteiger partial charge in [0.15, 0.2) is 0 Å². The molecule has 5 heteroatoms. The Labute approximate surface area is 90.5 Å². The molecule has 0 amide bonds. The average molecular weight is 385 g/mol. The van der Waals surface area contributed by atoms with Crippen LogP contribution in [0.25, 0.3) is 0 Å². The highest BCUT2D eigenvalue weighted by Crippen LogP contribution is 2.25. The van der Waals surface area contributed by atoms with Crippen molar-refractivity contribution >= 4 is 68.5 Å². The van der Waals surface area contributed by atoms with Gasteiger partial charge in [0.1, 0.15) is 5.40 Å². The minimum atomic E-state index is 0.693. The summed E-state index contributed by atoms with van der Waals surface area (Å²) in [7, 11) is 0. The highest BCUT2D eigenvalue weighted by atomic mass is 127. The fourth-order valence-corrected chi connectivity index (χ4v) is 1.55. The normalized spacial score (nSPS) is 12.2. The molecule has 0 unspecified atom stereocenters. The topological polar surface area (TPSA) is 23.8 Å². The molecule has 0 aliphatic heterocycles. The fraction of sp³-hybridized carbons (Fsp3) is 0.250. The van der Waals surface area contributed by atoms with Crippen molar-refractivity contribution in [2.75, 3.05) is 5.75 Å². The van der Waals surface area contributed by atoms with Crippen molar-refractivity contribution in [3.05, 3.63) is 6.62 Å². The molecule has 1 nitrogen and oxygen atoms in total. The van der Waals surface area contributed by atoms with E-state index in [4.69, 9.17) is 16.9 Å². The third kappa shape index (κ3) is 5.76. The molecular weight excluding hydrogens is 383 g/mol. The van der Waals surface area contributed by atoms with Crippen molar-refractivity contribution in [3.8, 4) is 5.40 Å². The fourth-order valence-electron chi connectivity index (χ4n) is 0.150. The maximum absolute atomic E-state index is 8.14. The minimum absolute atomic E-state index is 0.693. The molecule has 50 valence electrons. The van der Waals surface area contributed by atoms with Gasteiger partial charge in [-0.15, -0.1) is 0 Å². The van der Waals surface area contributed by atoms with Crippen LogP contribution in [0, 0.1) is 10.7 Å². The molecule has 0 aliphatic rings. The van der Waals surface area contributed by atoms with E-state index in [1.54, 1.807) is 0 Å². The Morgan fingerprint density at radius 2 is 2.22 bits per heavy atom. The van der Waals surface area contributed by atoms with E-state index in [1.165, 1.54) is 11.8 Å². The predicted octanol–water partition coefficient (Wildman–Crippen LogP) is 3.48. The molecule has 0 aliphatic carbocycles. The summed E-state index contributed by atoms with van der Waals surface area (Å²) in [5, 5.41) is 10.1. The Morgan fingerprint density at radius 3 is 2.56 bits per heavy atom. The summed E-state index contributed by atoms with van der Waals surface area (Å²) in [6.07, 6.45) is 0. The summed E-state index contributed by atoms with van der Waals surface area (Å²) in [5.74, 6) is 0.693. The molecule has 0 atom stereocenters. The standard InChI is InChI=1S/C4H2ClI2NS/c5-4(7)3(6)1-9-2-8/h1H2. The van der Waals surface area contributed by atoms with Crippen LogP contribution in [-0.4, -0.2) is 5.75 Å². The highest BCUT2D eigenvalue weighted by Gasteiger charge is 1.95. The molecule has 0 aromatic rings. The maximum Gasteiger partial charge on any atom is 0.133 e. The Morgan fingerprint density at radius 1 is 1.67 bits per heavy atom. The maximum atomic E-state index is 8.14. The average Bonchev–Trinajstić information content (AvgIpc) is 1.82. The van der Waals surface area contributed by atoms with Crippen LogP contribution in [0.2, 0.25) is 0 Å². The molecule has 0 radical (unpaired) electrons. The largest absolute Gasteiger partial charge is 0.185 e. The molecule has 9 heavy (non-hydrogen) atoms. The lowest BCUT2D eigenvalue weighted by Gasteiger charge is -1.90. The zero-order valence-electron chi connectivity index (χ0n) is 4.20. The summed E-state index contributed by atoms with van der Waals surface area (Å²) >= 11 is 10.9. The summed E-state index contributed by atoms with van der Waals surface area (Å²) in [6, 6.07) is 0. The van der Waals surface area contributed by atoms with Crippen LogP contribution in [0.5, 0.6) is 0 Å². The molecule has 0 aromatic carbocycles. The second-order valence-corrected chi connectivity index (χ2v) is 5.20. The van der Waals surface area contributed by atoms with Gasteiger partial charge >= 0.3 is 0 Å². The van der Waals surface area contributed by atoms with E-state index in [9.17, 15) is 0 Å². The van der Waals surface area contributed by atoms with Crippen LogP contribution >= 0.6 is 68.5 Å². The van der Waals surface area contributed by atoms with Crippen LogP contribution in [-0.2, 0) is 0 Å². The monoisotopic (exact) mass is 385 g/mol. The molecule has 0 fully saturated rings. The lowest BCUT2D eigenvalue weighted by atomic mass is 10.8. The zero-order valence-corrected chi connectivity index (χ0v) is 10.1. The third-order valence-electron chi connectivity index (χ3n) is 0.469. The first-order chi connectivity index (χ1) is 4.18. The highest BCUT2D eigenvalue weighted by molar-refractivity contribution is 14.1. The SMILES string of the molecule is N#CSCC(I)=C(Cl)I. The molecule has 0 saturated carbocycles. The first-order valence-electron chi connectivity index (χ1n) is 1.89. The number of rotatable bonds is 2. The number of nitrogens with zero attached hydrogens (tertiary/aromatic N) is 1. The van der Waals surface area contributed by atoms with E-state index < -0.39 is 0 Å². The van der Waals surface area contributed by atoms with E-state index in [1.807, 2.05) is 28.0 Å². The van der Waals surface area contributed by atoms with Gasteiger partial charge in [-0.2, -0.15) is 5.26 Å². The van der Waals surface area contributed by atoms with E-state index in [0.717, 1.165) is 6.62 Å². The van der Waals surface area contributed by atoms with Gasteiger partial charge in [0.05, 0.1) is 3.04 Å². The molecule has 0 bridgehead atoms. The number of nitriles is 1. The summed E-state index contributed by atoms with van der Waals surface area (Å²) in [5.41, 5.74) is 0. The van der Waals surface area contributed by atoms with Gasteiger partial charge in [0, 0.05) is 9.33 Å². The van der Waals surface area contributed by atoms with Crippen LogP contribution in [0.15, 0.2) is 6.62 Å². The van der Waals surface area contributed by atoms with Crippen molar-refractivity contribution in [1.29, 1.82) is 5.26 Å². The summed E-state index contributed by atoms with van der Waals surface area (Å²) < 4.78 is 1.78. The second-order valence-electron chi connectivity index (χ2n) is 1.05. The molecular formula is C4H2ClI2NS. The predicted molar refractivity (Wildman–Crippen MR) is 59.0 cm³/mol. The van der Waals surface area contributed by atoms with E-state index in [2.05, 4.69) is 22.6 Å². The Balaban J connectivity index is 3.67. The van der Waals surface area contributed by atoms with E-state index >= 15 is 0 Å². The van der Waals surface area contributed by atoms with Gasteiger partial charge in [0.2, 0.25) is 0 Å². The van der Waals surface area contributed by atoms with Crippen molar-refractivity contribution in [2.45, 2.75) is 0 Å². The molecule has 0 rings (SSSR count). The Kier molecular flexibility index (Phi) is 6.96.